The smallest absolute Gasteiger partial charge is 0.307 e. The number of esters is 1. The van der Waals surface area contributed by atoms with Gasteiger partial charge in [-0.15, -0.1) is 0 Å². The van der Waals surface area contributed by atoms with Crippen LogP contribution in [0.5, 0.6) is 0 Å². The molecule has 0 aliphatic rings. The number of halogens is 1. The normalized spacial score (nSPS) is 12.2. The highest BCUT2D eigenvalue weighted by molar-refractivity contribution is 9.10. The Morgan fingerprint density at radius 1 is 1.60 bits per heavy atom. The van der Waals surface area contributed by atoms with Gasteiger partial charge in [0.1, 0.15) is 0 Å². The molecular weight excluding hydrogens is 258 g/mol. The number of methoxy groups -OCH3 is 1. The van der Waals surface area contributed by atoms with Crippen molar-refractivity contribution < 1.29 is 9.53 Å². The molecule has 0 amide bonds. The van der Waals surface area contributed by atoms with E-state index in [1.54, 1.807) is 0 Å². The number of hydrogen-bond acceptors (Lipinski definition) is 3. The van der Waals surface area contributed by atoms with E-state index in [0.29, 0.717) is 6.42 Å². The fourth-order valence-corrected chi connectivity index (χ4v) is 1.78. The van der Waals surface area contributed by atoms with Crippen LogP contribution >= 0.6 is 15.9 Å². The zero-order valence-corrected chi connectivity index (χ0v) is 10.2. The Bertz CT molecular complexity index is 341. The molecule has 82 valence electrons. The minimum absolute atomic E-state index is 0.188. The van der Waals surface area contributed by atoms with Crippen LogP contribution in [0.4, 0.5) is 0 Å². The van der Waals surface area contributed by atoms with E-state index in [4.69, 9.17) is 5.73 Å². The number of carbonyl (C=O) groups excluding carboxylic acids is 1. The summed E-state index contributed by atoms with van der Waals surface area (Å²) in [6, 6.07) is 7.70. The van der Waals surface area contributed by atoms with Crippen LogP contribution in [0.15, 0.2) is 28.7 Å². The Morgan fingerprint density at radius 2 is 2.33 bits per heavy atom. The van der Waals surface area contributed by atoms with Crippen molar-refractivity contribution in [2.45, 2.75) is 18.9 Å². The third-order valence-electron chi connectivity index (χ3n) is 2.04. The first-order valence-corrected chi connectivity index (χ1v) is 5.48. The van der Waals surface area contributed by atoms with E-state index in [2.05, 4.69) is 20.7 Å². The first-order chi connectivity index (χ1) is 7.11. The van der Waals surface area contributed by atoms with Gasteiger partial charge in [0.15, 0.2) is 0 Å². The standard InChI is InChI=1S/C11H14BrNO2/c1-15-11(14)7-10(13)6-8-3-2-4-9(12)5-8/h2-5,10H,6-7,13H2,1H3. The Balaban J connectivity index is 2.51. The summed E-state index contributed by atoms with van der Waals surface area (Å²) in [6.07, 6.45) is 0.928. The van der Waals surface area contributed by atoms with Crippen LogP contribution in [0.25, 0.3) is 0 Å². The van der Waals surface area contributed by atoms with Gasteiger partial charge in [0, 0.05) is 10.5 Å². The molecule has 1 aromatic rings. The third-order valence-corrected chi connectivity index (χ3v) is 2.54. The van der Waals surface area contributed by atoms with Gasteiger partial charge in [0.2, 0.25) is 0 Å². The van der Waals surface area contributed by atoms with Gasteiger partial charge in [0.25, 0.3) is 0 Å². The molecule has 1 rings (SSSR count). The predicted octanol–water partition coefficient (Wildman–Crippen LogP) is 1.88. The third kappa shape index (κ3) is 4.44. The van der Waals surface area contributed by atoms with Crippen LogP contribution in [-0.4, -0.2) is 19.1 Å². The topological polar surface area (TPSA) is 52.3 Å². The SMILES string of the molecule is COC(=O)CC(N)Cc1cccc(Br)c1. The second-order valence-corrected chi connectivity index (χ2v) is 4.29. The molecule has 1 atom stereocenters. The predicted molar refractivity (Wildman–Crippen MR) is 62.5 cm³/mol. The molecule has 0 radical (unpaired) electrons. The molecule has 3 nitrogen and oxygen atoms in total. The van der Waals surface area contributed by atoms with E-state index in [0.717, 1.165) is 10.0 Å². The highest BCUT2D eigenvalue weighted by Crippen LogP contribution is 2.13. The minimum Gasteiger partial charge on any atom is -0.469 e. The largest absolute Gasteiger partial charge is 0.469 e. The number of ether oxygens (including phenoxy) is 1. The summed E-state index contributed by atoms with van der Waals surface area (Å²) >= 11 is 3.38. The van der Waals surface area contributed by atoms with E-state index in [-0.39, 0.29) is 18.4 Å². The van der Waals surface area contributed by atoms with Crippen molar-refractivity contribution >= 4 is 21.9 Å². The molecule has 4 heteroatoms. The summed E-state index contributed by atoms with van der Waals surface area (Å²) < 4.78 is 5.57. The molecule has 0 saturated carbocycles. The van der Waals surface area contributed by atoms with Crippen LogP contribution in [0.3, 0.4) is 0 Å². The van der Waals surface area contributed by atoms with E-state index in [1.807, 2.05) is 24.3 Å². The van der Waals surface area contributed by atoms with Crippen molar-refractivity contribution in [1.29, 1.82) is 0 Å². The second-order valence-electron chi connectivity index (χ2n) is 3.37. The van der Waals surface area contributed by atoms with Crippen molar-refractivity contribution in [3.63, 3.8) is 0 Å². The maximum Gasteiger partial charge on any atom is 0.307 e. The van der Waals surface area contributed by atoms with Crippen LogP contribution in [0.2, 0.25) is 0 Å². The van der Waals surface area contributed by atoms with Gasteiger partial charge < -0.3 is 10.5 Å². The average molecular weight is 272 g/mol. The molecule has 15 heavy (non-hydrogen) atoms. The van der Waals surface area contributed by atoms with Gasteiger partial charge in [-0.05, 0) is 24.1 Å². The molecular formula is C11H14BrNO2. The van der Waals surface area contributed by atoms with E-state index >= 15 is 0 Å². The Hall–Kier alpha value is -0.870. The first kappa shape index (κ1) is 12.2. The number of benzene rings is 1. The van der Waals surface area contributed by atoms with Gasteiger partial charge in [-0.1, -0.05) is 28.1 Å². The Labute approximate surface area is 97.7 Å². The lowest BCUT2D eigenvalue weighted by atomic mass is 10.0. The molecule has 2 N–H and O–H groups in total. The fourth-order valence-electron chi connectivity index (χ4n) is 1.34. The highest BCUT2D eigenvalue weighted by Gasteiger charge is 2.10. The zero-order valence-electron chi connectivity index (χ0n) is 8.57. The molecule has 0 aromatic heterocycles. The number of rotatable bonds is 4. The summed E-state index contributed by atoms with van der Waals surface area (Å²) in [5, 5.41) is 0. The summed E-state index contributed by atoms with van der Waals surface area (Å²) in [7, 11) is 1.37. The molecule has 0 saturated heterocycles. The van der Waals surface area contributed by atoms with Gasteiger partial charge in [-0.3, -0.25) is 4.79 Å². The monoisotopic (exact) mass is 271 g/mol. The fraction of sp³-hybridized carbons (Fsp3) is 0.364. The van der Waals surface area contributed by atoms with Gasteiger partial charge in [-0.2, -0.15) is 0 Å². The second kappa shape index (κ2) is 5.88. The molecule has 0 fully saturated rings. The number of carbonyl (C=O) groups is 1. The Morgan fingerprint density at radius 3 is 2.93 bits per heavy atom. The van der Waals surface area contributed by atoms with E-state index < -0.39 is 0 Å². The van der Waals surface area contributed by atoms with Gasteiger partial charge >= 0.3 is 5.97 Å². The molecule has 0 bridgehead atoms. The molecule has 1 unspecified atom stereocenters. The quantitative estimate of drug-likeness (QED) is 0.851. The maximum absolute atomic E-state index is 11.0. The van der Waals surface area contributed by atoms with Gasteiger partial charge in [0.05, 0.1) is 13.5 Å². The zero-order chi connectivity index (χ0) is 11.3. The van der Waals surface area contributed by atoms with Gasteiger partial charge in [-0.25, -0.2) is 0 Å². The van der Waals surface area contributed by atoms with E-state index in [9.17, 15) is 4.79 Å². The van der Waals surface area contributed by atoms with Crippen LogP contribution < -0.4 is 5.73 Å². The summed E-state index contributed by atoms with van der Waals surface area (Å²) in [5.41, 5.74) is 6.93. The lowest BCUT2D eigenvalue weighted by molar-refractivity contribution is -0.140. The lowest BCUT2D eigenvalue weighted by Crippen LogP contribution is -2.26. The van der Waals surface area contributed by atoms with Crippen molar-refractivity contribution in [2.24, 2.45) is 5.73 Å². The Kier molecular flexibility index (Phi) is 4.78. The number of nitrogens with two attached hydrogens (primary N) is 1. The maximum atomic E-state index is 11.0. The van der Waals surface area contributed by atoms with Crippen molar-refractivity contribution in [3.8, 4) is 0 Å². The van der Waals surface area contributed by atoms with Crippen molar-refractivity contribution in [1.82, 2.24) is 0 Å². The molecule has 0 aliphatic carbocycles. The van der Waals surface area contributed by atoms with Crippen molar-refractivity contribution in [3.05, 3.63) is 34.3 Å². The molecule has 0 aliphatic heterocycles. The summed E-state index contributed by atoms with van der Waals surface area (Å²) in [4.78, 5) is 11.0. The summed E-state index contributed by atoms with van der Waals surface area (Å²) in [6.45, 7) is 0. The van der Waals surface area contributed by atoms with Crippen LogP contribution in [0.1, 0.15) is 12.0 Å². The molecule has 1 aromatic carbocycles. The molecule has 0 heterocycles. The van der Waals surface area contributed by atoms with Crippen LogP contribution in [0, 0.1) is 0 Å². The van der Waals surface area contributed by atoms with Crippen LogP contribution in [-0.2, 0) is 16.0 Å². The van der Waals surface area contributed by atoms with Crippen molar-refractivity contribution in [2.75, 3.05) is 7.11 Å². The lowest BCUT2D eigenvalue weighted by Gasteiger charge is -2.10. The first-order valence-electron chi connectivity index (χ1n) is 4.68. The average Bonchev–Trinajstić information content (AvgIpc) is 2.17. The summed E-state index contributed by atoms with van der Waals surface area (Å²) in [5.74, 6) is -0.266. The molecule has 0 spiro atoms. The number of hydrogen-bond donors (Lipinski definition) is 1. The highest BCUT2D eigenvalue weighted by atomic mass is 79.9. The minimum atomic E-state index is -0.266. The van der Waals surface area contributed by atoms with E-state index in [1.165, 1.54) is 7.11 Å².